The summed E-state index contributed by atoms with van der Waals surface area (Å²) < 4.78 is 5.40. The molecule has 0 spiro atoms. The quantitative estimate of drug-likeness (QED) is 0.367. The monoisotopic (exact) mass is 411 g/mol. The lowest BCUT2D eigenvalue weighted by Crippen LogP contribution is -2.47. The third-order valence-corrected chi connectivity index (χ3v) is 3.92. The highest BCUT2D eigenvalue weighted by Crippen LogP contribution is 2.16. The summed E-state index contributed by atoms with van der Waals surface area (Å²) >= 11 is 0. The van der Waals surface area contributed by atoms with Crippen LogP contribution in [-0.2, 0) is 9.53 Å². The van der Waals surface area contributed by atoms with Gasteiger partial charge in [0.25, 0.3) is 0 Å². The Morgan fingerprint density at radius 3 is 2.67 bits per heavy atom. The van der Waals surface area contributed by atoms with Crippen LogP contribution in [0.25, 0.3) is 0 Å². The first-order valence-corrected chi connectivity index (χ1v) is 7.22. The largest absolute Gasteiger partial charge is 0.379 e. The number of rotatable bonds is 3. The number of carbonyl (C=O) groups is 1. The van der Waals surface area contributed by atoms with Crippen LogP contribution in [0.2, 0.25) is 0 Å². The molecule has 1 unspecified atom stereocenters. The summed E-state index contributed by atoms with van der Waals surface area (Å²) in [6.07, 6.45) is 1.14. The molecule has 0 aromatic heterocycles. The Kier molecular flexibility index (Phi) is 8.27. The molecule has 2 N–H and O–H groups in total. The molecule has 1 amide bonds. The molecule has 0 bridgehead atoms. The molecule has 1 atom stereocenters. The van der Waals surface area contributed by atoms with Crippen LogP contribution in [0.1, 0.15) is 6.42 Å². The highest BCUT2D eigenvalue weighted by molar-refractivity contribution is 14.0. The molecule has 7 nitrogen and oxygen atoms in total. The van der Waals surface area contributed by atoms with Gasteiger partial charge >= 0.3 is 0 Å². The highest BCUT2D eigenvalue weighted by Gasteiger charge is 2.30. The van der Waals surface area contributed by atoms with Crippen LogP contribution in [0.4, 0.5) is 0 Å². The van der Waals surface area contributed by atoms with Crippen molar-refractivity contribution in [2.75, 3.05) is 60.0 Å². The molecule has 0 saturated carbocycles. The lowest BCUT2D eigenvalue weighted by molar-refractivity contribution is -0.119. The number of halogens is 1. The van der Waals surface area contributed by atoms with Crippen LogP contribution in [0.15, 0.2) is 4.99 Å². The van der Waals surface area contributed by atoms with Crippen LogP contribution in [0.5, 0.6) is 0 Å². The molecule has 0 aromatic rings. The first kappa shape index (κ1) is 18.4. The zero-order valence-corrected chi connectivity index (χ0v) is 15.1. The molecule has 2 saturated heterocycles. The third kappa shape index (κ3) is 5.26. The van der Waals surface area contributed by atoms with E-state index in [1.165, 1.54) is 0 Å². The molecule has 0 aromatic carbocycles. The van der Waals surface area contributed by atoms with Crippen molar-refractivity contribution in [2.24, 2.45) is 4.99 Å². The van der Waals surface area contributed by atoms with Gasteiger partial charge in [-0.1, -0.05) is 0 Å². The van der Waals surface area contributed by atoms with Crippen LogP contribution in [-0.4, -0.2) is 87.7 Å². The SMILES string of the molecule is CN=C(NCC(=O)NC)N1CCC(N2CCOCC2)C1.I. The van der Waals surface area contributed by atoms with Gasteiger partial charge in [0, 0.05) is 46.3 Å². The summed E-state index contributed by atoms with van der Waals surface area (Å²) in [4.78, 5) is 20.3. The topological polar surface area (TPSA) is 69.2 Å². The molecular formula is C13H26IN5O2. The fourth-order valence-electron chi connectivity index (χ4n) is 2.75. The van der Waals surface area contributed by atoms with Crippen molar-refractivity contribution in [1.82, 2.24) is 20.4 Å². The standard InChI is InChI=1S/C13H25N5O2.HI/c1-14-12(19)9-16-13(15-2)18-4-3-11(10-18)17-5-7-20-8-6-17;/h11H,3-10H2,1-2H3,(H,14,19)(H,15,16);1H. The van der Waals surface area contributed by atoms with Crippen molar-refractivity contribution in [1.29, 1.82) is 0 Å². The minimum atomic E-state index is -0.0323. The second-order valence-corrected chi connectivity index (χ2v) is 5.11. The predicted octanol–water partition coefficient (Wildman–Crippen LogP) is -0.668. The molecule has 2 fully saturated rings. The van der Waals surface area contributed by atoms with Gasteiger partial charge < -0.3 is 20.3 Å². The van der Waals surface area contributed by atoms with E-state index in [9.17, 15) is 4.79 Å². The Morgan fingerprint density at radius 2 is 2.05 bits per heavy atom. The Balaban J connectivity index is 0.00000220. The molecule has 2 heterocycles. The number of hydrogen-bond donors (Lipinski definition) is 2. The van der Waals surface area contributed by atoms with Crippen LogP contribution < -0.4 is 10.6 Å². The average Bonchev–Trinajstić information content (AvgIpc) is 2.98. The minimum absolute atomic E-state index is 0. The number of ether oxygens (including phenoxy) is 1. The molecule has 2 aliphatic rings. The first-order chi connectivity index (χ1) is 9.74. The Hall–Kier alpha value is -0.610. The maximum atomic E-state index is 11.3. The third-order valence-electron chi connectivity index (χ3n) is 3.92. The normalized spacial score (nSPS) is 23.6. The van der Waals surface area contributed by atoms with Gasteiger partial charge in [-0.25, -0.2) is 0 Å². The molecule has 8 heteroatoms. The van der Waals surface area contributed by atoms with Gasteiger partial charge in [0.05, 0.1) is 19.8 Å². The lowest BCUT2D eigenvalue weighted by atomic mass is 10.2. The smallest absolute Gasteiger partial charge is 0.239 e. The van der Waals surface area contributed by atoms with Gasteiger partial charge in [-0.05, 0) is 6.42 Å². The predicted molar refractivity (Wildman–Crippen MR) is 93.2 cm³/mol. The van der Waals surface area contributed by atoms with Crippen molar-refractivity contribution < 1.29 is 9.53 Å². The molecule has 2 rings (SSSR count). The van der Waals surface area contributed by atoms with Crippen molar-refractivity contribution >= 4 is 35.8 Å². The van der Waals surface area contributed by atoms with Gasteiger partial charge in [-0.3, -0.25) is 14.7 Å². The number of amides is 1. The number of carbonyl (C=O) groups excluding carboxylic acids is 1. The summed E-state index contributed by atoms with van der Waals surface area (Å²) in [5.74, 6) is 0.777. The zero-order chi connectivity index (χ0) is 14.4. The van der Waals surface area contributed by atoms with E-state index in [-0.39, 0.29) is 36.4 Å². The number of nitrogens with one attached hydrogen (secondary N) is 2. The van der Waals surface area contributed by atoms with Gasteiger partial charge in [0.2, 0.25) is 5.91 Å². The van der Waals surface area contributed by atoms with Gasteiger partial charge in [-0.15, -0.1) is 24.0 Å². The van der Waals surface area contributed by atoms with Gasteiger partial charge in [0.1, 0.15) is 0 Å². The maximum Gasteiger partial charge on any atom is 0.239 e. The van der Waals surface area contributed by atoms with Crippen LogP contribution in [0.3, 0.4) is 0 Å². The van der Waals surface area contributed by atoms with Crippen molar-refractivity contribution in [3.63, 3.8) is 0 Å². The Morgan fingerprint density at radius 1 is 1.33 bits per heavy atom. The maximum absolute atomic E-state index is 11.3. The van der Waals surface area contributed by atoms with E-state index in [0.717, 1.165) is 51.8 Å². The Bertz CT molecular complexity index is 360. The summed E-state index contributed by atoms with van der Waals surface area (Å²) in [7, 11) is 3.39. The van der Waals surface area contributed by atoms with Crippen molar-refractivity contribution in [3.8, 4) is 0 Å². The second kappa shape index (κ2) is 9.42. The second-order valence-electron chi connectivity index (χ2n) is 5.11. The van der Waals surface area contributed by atoms with Crippen molar-refractivity contribution in [3.05, 3.63) is 0 Å². The molecule has 0 aliphatic carbocycles. The van der Waals surface area contributed by atoms with E-state index in [0.29, 0.717) is 6.04 Å². The first-order valence-electron chi connectivity index (χ1n) is 7.22. The lowest BCUT2D eigenvalue weighted by Gasteiger charge is -2.32. The van der Waals surface area contributed by atoms with E-state index in [2.05, 4.69) is 25.4 Å². The number of hydrogen-bond acceptors (Lipinski definition) is 4. The summed E-state index contributed by atoms with van der Waals surface area (Å²) in [6.45, 7) is 5.91. The van der Waals surface area contributed by atoms with E-state index >= 15 is 0 Å². The summed E-state index contributed by atoms with van der Waals surface area (Å²) in [5, 5.41) is 5.70. The van der Waals surface area contributed by atoms with Crippen LogP contribution >= 0.6 is 24.0 Å². The molecule has 2 aliphatic heterocycles. The molecule has 0 radical (unpaired) electrons. The summed E-state index contributed by atoms with van der Waals surface area (Å²) in [5.41, 5.74) is 0. The minimum Gasteiger partial charge on any atom is -0.379 e. The number of guanidine groups is 1. The Labute approximate surface area is 143 Å². The molecule has 122 valence electrons. The van der Waals surface area contributed by atoms with E-state index in [1.807, 2.05) is 0 Å². The van der Waals surface area contributed by atoms with E-state index < -0.39 is 0 Å². The number of morpholine rings is 1. The zero-order valence-electron chi connectivity index (χ0n) is 12.8. The highest BCUT2D eigenvalue weighted by atomic mass is 127. The summed E-state index contributed by atoms with van der Waals surface area (Å²) in [6, 6.07) is 0.567. The molecule has 21 heavy (non-hydrogen) atoms. The number of nitrogens with zero attached hydrogens (tertiary/aromatic N) is 3. The fraction of sp³-hybridized carbons (Fsp3) is 0.846. The van der Waals surface area contributed by atoms with Crippen LogP contribution in [0, 0.1) is 0 Å². The fourth-order valence-corrected chi connectivity index (χ4v) is 2.75. The number of aliphatic imine (C=N–C) groups is 1. The molecular weight excluding hydrogens is 385 g/mol. The average molecular weight is 411 g/mol. The van der Waals surface area contributed by atoms with Crippen molar-refractivity contribution in [2.45, 2.75) is 12.5 Å². The van der Waals surface area contributed by atoms with E-state index in [1.54, 1.807) is 14.1 Å². The number of likely N-dealkylation sites (tertiary alicyclic amines) is 1. The van der Waals surface area contributed by atoms with E-state index in [4.69, 9.17) is 4.74 Å². The van der Waals surface area contributed by atoms with Gasteiger partial charge in [0.15, 0.2) is 5.96 Å². The van der Waals surface area contributed by atoms with Gasteiger partial charge in [-0.2, -0.15) is 0 Å². The number of likely N-dealkylation sites (N-methyl/N-ethyl adjacent to an activating group) is 1.